The van der Waals surface area contributed by atoms with Crippen LogP contribution in [0.15, 0.2) is 41.8 Å². The quantitative estimate of drug-likeness (QED) is 0.602. The lowest BCUT2D eigenvalue weighted by Crippen LogP contribution is -2.49. The molecule has 2 aromatic rings. The Bertz CT molecular complexity index is 862. The summed E-state index contributed by atoms with van der Waals surface area (Å²) in [5.41, 5.74) is 2.35. The summed E-state index contributed by atoms with van der Waals surface area (Å²) in [7, 11) is 1.67. The molecule has 5 nitrogen and oxygen atoms in total. The van der Waals surface area contributed by atoms with Gasteiger partial charge in [-0.1, -0.05) is 36.8 Å². The summed E-state index contributed by atoms with van der Waals surface area (Å²) in [5, 5.41) is 2.12. The lowest BCUT2D eigenvalue weighted by atomic mass is 9.84. The van der Waals surface area contributed by atoms with Gasteiger partial charge in [0, 0.05) is 37.6 Å². The first-order chi connectivity index (χ1) is 14.7. The van der Waals surface area contributed by atoms with Crippen LogP contribution in [-0.4, -0.2) is 55.0 Å². The maximum absolute atomic E-state index is 13.5. The molecule has 6 heteroatoms. The van der Waals surface area contributed by atoms with E-state index < -0.39 is 0 Å². The van der Waals surface area contributed by atoms with Gasteiger partial charge in [-0.05, 0) is 48.3 Å². The second-order valence-electron chi connectivity index (χ2n) is 8.18. The number of ether oxygens (including phenoxy) is 1. The van der Waals surface area contributed by atoms with Crippen LogP contribution in [0.1, 0.15) is 47.7 Å². The molecule has 2 amide bonds. The van der Waals surface area contributed by atoms with Crippen molar-refractivity contribution in [2.45, 2.75) is 38.1 Å². The van der Waals surface area contributed by atoms with Gasteiger partial charge in [0.25, 0.3) is 0 Å². The molecule has 1 fully saturated rings. The number of rotatable bonds is 8. The molecule has 1 saturated carbocycles. The number of hydrogen-bond acceptors (Lipinski definition) is 4. The third kappa shape index (κ3) is 4.44. The van der Waals surface area contributed by atoms with Gasteiger partial charge < -0.3 is 14.5 Å². The molecular formula is C24H30N2O3S. The molecule has 2 heterocycles. The van der Waals surface area contributed by atoms with Gasteiger partial charge in [-0.15, -0.1) is 11.3 Å². The molecule has 1 aromatic heterocycles. The van der Waals surface area contributed by atoms with E-state index in [1.807, 2.05) is 23.1 Å². The van der Waals surface area contributed by atoms with Crippen LogP contribution in [0, 0.1) is 5.92 Å². The molecule has 160 valence electrons. The highest BCUT2D eigenvalue weighted by Gasteiger charge is 2.35. The van der Waals surface area contributed by atoms with Gasteiger partial charge in [0.05, 0.1) is 12.6 Å². The largest absolute Gasteiger partial charge is 0.385 e. The Morgan fingerprint density at radius 3 is 2.70 bits per heavy atom. The first-order valence-corrected chi connectivity index (χ1v) is 11.8. The van der Waals surface area contributed by atoms with Crippen molar-refractivity contribution in [3.05, 3.63) is 57.8 Å². The number of carbonyl (C=O) groups excluding carboxylic acids is 2. The zero-order chi connectivity index (χ0) is 20.9. The number of methoxy groups -OCH3 is 1. The van der Waals surface area contributed by atoms with Crippen molar-refractivity contribution in [1.29, 1.82) is 0 Å². The van der Waals surface area contributed by atoms with Crippen molar-refractivity contribution in [3.63, 3.8) is 0 Å². The molecule has 1 atom stereocenters. The van der Waals surface area contributed by atoms with E-state index in [0.29, 0.717) is 19.7 Å². The van der Waals surface area contributed by atoms with Crippen LogP contribution < -0.4 is 0 Å². The van der Waals surface area contributed by atoms with E-state index in [1.54, 1.807) is 23.3 Å². The number of nitrogens with zero attached hydrogens (tertiary/aromatic N) is 2. The highest BCUT2D eigenvalue weighted by molar-refractivity contribution is 7.10. The molecule has 30 heavy (non-hydrogen) atoms. The third-order valence-electron chi connectivity index (χ3n) is 6.27. The van der Waals surface area contributed by atoms with E-state index in [4.69, 9.17) is 4.74 Å². The van der Waals surface area contributed by atoms with Gasteiger partial charge in [0.2, 0.25) is 11.8 Å². The molecule has 1 unspecified atom stereocenters. The predicted octanol–water partition coefficient (Wildman–Crippen LogP) is 3.89. The average Bonchev–Trinajstić information content (AvgIpc) is 3.20. The van der Waals surface area contributed by atoms with E-state index >= 15 is 0 Å². The summed E-state index contributed by atoms with van der Waals surface area (Å²) in [5.74, 6) is 0.260. The lowest BCUT2D eigenvalue weighted by Gasteiger charge is -2.38. The molecule has 0 bridgehead atoms. The van der Waals surface area contributed by atoms with E-state index in [2.05, 4.69) is 23.6 Å². The number of fused-ring (bicyclic) bond motifs is 1. The van der Waals surface area contributed by atoms with Crippen molar-refractivity contribution in [1.82, 2.24) is 9.80 Å². The Balaban J connectivity index is 1.54. The second-order valence-corrected chi connectivity index (χ2v) is 9.18. The minimum Gasteiger partial charge on any atom is -0.385 e. The van der Waals surface area contributed by atoms with Crippen molar-refractivity contribution in [3.8, 4) is 0 Å². The van der Waals surface area contributed by atoms with Gasteiger partial charge in [-0.25, -0.2) is 0 Å². The van der Waals surface area contributed by atoms with E-state index in [0.717, 1.165) is 37.7 Å². The fourth-order valence-corrected chi connectivity index (χ4v) is 5.32. The lowest BCUT2D eigenvalue weighted by molar-refractivity contribution is -0.145. The Kier molecular flexibility index (Phi) is 6.85. The van der Waals surface area contributed by atoms with Crippen LogP contribution in [0.2, 0.25) is 0 Å². The molecule has 0 N–H and O–H groups in total. The number of thiophene rings is 1. The molecule has 1 aromatic carbocycles. The molecule has 1 aliphatic carbocycles. The number of benzene rings is 1. The zero-order valence-electron chi connectivity index (χ0n) is 17.6. The molecule has 4 rings (SSSR count). The Morgan fingerprint density at radius 2 is 2.00 bits per heavy atom. The zero-order valence-corrected chi connectivity index (χ0v) is 18.4. The van der Waals surface area contributed by atoms with Gasteiger partial charge in [-0.2, -0.15) is 0 Å². The fourth-order valence-electron chi connectivity index (χ4n) is 4.41. The van der Waals surface area contributed by atoms with Gasteiger partial charge in [0.15, 0.2) is 0 Å². The second kappa shape index (κ2) is 9.75. The molecule has 0 saturated heterocycles. The first-order valence-electron chi connectivity index (χ1n) is 10.9. The Morgan fingerprint density at radius 1 is 1.20 bits per heavy atom. The summed E-state index contributed by atoms with van der Waals surface area (Å²) >= 11 is 1.77. The topological polar surface area (TPSA) is 49.9 Å². The van der Waals surface area contributed by atoms with Gasteiger partial charge in [0.1, 0.15) is 0 Å². The number of hydrogen-bond donors (Lipinski definition) is 0. The van der Waals surface area contributed by atoms with E-state index in [9.17, 15) is 9.59 Å². The van der Waals surface area contributed by atoms with Crippen molar-refractivity contribution in [2.24, 2.45) is 5.92 Å². The van der Waals surface area contributed by atoms with Crippen LogP contribution in [-0.2, 0) is 20.7 Å². The predicted molar refractivity (Wildman–Crippen MR) is 118 cm³/mol. The summed E-state index contributed by atoms with van der Waals surface area (Å²) in [6, 6.07) is 12.3. The highest BCUT2D eigenvalue weighted by atomic mass is 32.1. The minimum absolute atomic E-state index is 0.0331. The molecule has 1 aliphatic heterocycles. The summed E-state index contributed by atoms with van der Waals surface area (Å²) in [6.45, 7) is 2.01. The average molecular weight is 427 g/mol. The standard InChI is InChI=1S/C24H30N2O3S/c1-29-15-6-13-25(24(28)19-9-5-10-19)17-22(27)26-14-11-21-20(12-16-30-21)23(26)18-7-3-2-4-8-18/h2-4,7-8,12,16,19,23H,5-6,9-11,13-15,17H2,1H3. The molecule has 2 aliphatic rings. The van der Waals surface area contributed by atoms with E-state index in [-0.39, 0.29) is 30.3 Å². The van der Waals surface area contributed by atoms with Crippen molar-refractivity contribution in [2.75, 3.05) is 33.4 Å². The van der Waals surface area contributed by atoms with Crippen LogP contribution in [0.3, 0.4) is 0 Å². The SMILES string of the molecule is COCCCN(CC(=O)N1CCc2sccc2C1c1ccccc1)C(=O)C1CCC1. The van der Waals surface area contributed by atoms with Crippen LogP contribution in [0.25, 0.3) is 0 Å². The van der Waals surface area contributed by atoms with Crippen molar-refractivity contribution >= 4 is 23.2 Å². The Labute approximate surface area is 182 Å². The van der Waals surface area contributed by atoms with E-state index in [1.165, 1.54) is 10.4 Å². The number of amides is 2. The van der Waals surface area contributed by atoms with Crippen molar-refractivity contribution < 1.29 is 14.3 Å². The first kappa shape index (κ1) is 21.1. The normalized spacial score (nSPS) is 18.6. The third-order valence-corrected chi connectivity index (χ3v) is 7.27. The summed E-state index contributed by atoms with van der Waals surface area (Å²) in [6.07, 6.45) is 4.63. The van der Waals surface area contributed by atoms with Crippen LogP contribution in [0.5, 0.6) is 0 Å². The summed E-state index contributed by atoms with van der Waals surface area (Å²) < 4.78 is 5.17. The van der Waals surface area contributed by atoms with Gasteiger partial charge >= 0.3 is 0 Å². The highest BCUT2D eigenvalue weighted by Crippen LogP contribution is 2.38. The Hall–Kier alpha value is -2.18. The molecule has 0 radical (unpaired) electrons. The fraction of sp³-hybridized carbons (Fsp3) is 0.500. The van der Waals surface area contributed by atoms with Crippen LogP contribution >= 0.6 is 11.3 Å². The summed E-state index contributed by atoms with van der Waals surface area (Å²) in [4.78, 5) is 31.6. The van der Waals surface area contributed by atoms with Gasteiger partial charge in [-0.3, -0.25) is 9.59 Å². The molecular weight excluding hydrogens is 396 g/mol. The number of carbonyl (C=O) groups is 2. The maximum Gasteiger partial charge on any atom is 0.242 e. The monoisotopic (exact) mass is 426 g/mol. The maximum atomic E-state index is 13.5. The minimum atomic E-state index is -0.0756. The molecule has 0 spiro atoms. The van der Waals surface area contributed by atoms with Crippen LogP contribution in [0.4, 0.5) is 0 Å². The smallest absolute Gasteiger partial charge is 0.242 e.